The highest BCUT2D eigenvalue weighted by atomic mass is 16.2. The van der Waals surface area contributed by atoms with E-state index in [1.807, 2.05) is 13.8 Å². The molecule has 1 aliphatic heterocycles. The van der Waals surface area contributed by atoms with E-state index >= 15 is 0 Å². The highest BCUT2D eigenvalue weighted by molar-refractivity contribution is 6.02. The van der Waals surface area contributed by atoms with Gasteiger partial charge in [-0.05, 0) is 42.6 Å². The maximum atomic E-state index is 12.9. The Labute approximate surface area is 146 Å². The molecular formula is C19H25N3O3. The number of nitrogens with two attached hydrogens (primary N) is 1. The standard InChI is InChI=1S/C19H25N3O3/c1-19(2)6-15-11(16(23)7-19)5-12(17(24)21-15)18(25)22-8-10-3-4-14(20)13(10)9-22/h5,10,13-14H,3-4,6-9,20H2,1-2H3,(H,21,24). The van der Waals surface area contributed by atoms with Gasteiger partial charge in [0.1, 0.15) is 5.56 Å². The van der Waals surface area contributed by atoms with Crippen molar-refractivity contribution in [1.82, 2.24) is 9.88 Å². The average Bonchev–Trinajstić information content (AvgIpc) is 3.07. The lowest BCUT2D eigenvalue weighted by Crippen LogP contribution is -2.37. The Kier molecular flexibility index (Phi) is 3.65. The predicted molar refractivity (Wildman–Crippen MR) is 93.6 cm³/mol. The number of likely N-dealkylation sites (tertiary alicyclic amines) is 1. The van der Waals surface area contributed by atoms with E-state index < -0.39 is 5.56 Å². The Morgan fingerprint density at radius 1 is 1.24 bits per heavy atom. The van der Waals surface area contributed by atoms with Crippen LogP contribution in [0, 0.1) is 17.3 Å². The summed E-state index contributed by atoms with van der Waals surface area (Å²) in [6.07, 6.45) is 3.13. The monoisotopic (exact) mass is 343 g/mol. The summed E-state index contributed by atoms with van der Waals surface area (Å²) in [6, 6.07) is 1.66. The summed E-state index contributed by atoms with van der Waals surface area (Å²) >= 11 is 0. The van der Waals surface area contributed by atoms with E-state index in [2.05, 4.69) is 4.98 Å². The summed E-state index contributed by atoms with van der Waals surface area (Å²) < 4.78 is 0. The molecule has 2 heterocycles. The van der Waals surface area contributed by atoms with E-state index in [4.69, 9.17) is 5.73 Å². The minimum absolute atomic E-state index is 0.00290. The number of nitrogens with zero attached hydrogens (tertiary/aromatic N) is 1. The summed E-state index contributed by atoms with van der Waals surface area (Å²) in [7, 11) is 0. The Morgan fingerprint density at radius 3 is 2.72 bits per heavy atom. The summed E-state index contributed by atoms with van der Waals surface area (Å²) in [6.45, 7) is 5.30. The van der Waals surface area contributed by atoms with Gasteiger partial charge in [0.15, 0.2) is 5.78 Å². The van der Waals surface area contributed by atoms with Crippen LogP contribution in [0.15, 0.2) is 10.9 Å². The number of aromatic nitrogens is 1. The largest absolute Gasteiger partial charge is 0.338 e. The van der Waals surface area contributed by atoms with Gasteiger partial charge in [0.2, 0.25) is 0 Å². The van der Waals surface area contributed by atoms with Gasteiger partial charge in [0, 0.05) is 36.8 Å². The number of rotatable bonds is 1. The van der Waals surface area contributed by atoms with E-state index in [1.54, 1.807) is 4.90 Å². The minimum atomic E-state index is -0.393. The molecule has 25 heavy (non-hydrogen) atoms. The van der Waals surface area contributed by atoms with Gasteiger partial charge in [0.25, 0.3) is 11.5 Å². The van der Waals surface area contributed by atoms with E-state index in [1.165, 1.54) is 6.07 Å². The summed E-state index contributed by atoms with van der Waals surface area (Å²) in [5.74, 6) is 0.501. The van der Waals surface area contributed by atoms with E-state index in [0.717, 1.165) is 12.8 Å². The van der Waals surface area contributed by atoms with Crippen molar-refractivity contribution in [2.75, 3.05) is 13.1 Å². The van der Waals surface area contributed by atoms with Gasteiger partial charge >= 0.3 is 0 Å². The van der Waals surface area contributed by atoms with Gasteiger partial charge in [-0.1, -0.05) is 13.8 Å². The summed E-state index contributed by atoms with van der Waals surface area (Å²) in [5.41, 5.74) is 6.81. The van der Waals surface area contributed by atoms with Crippen LogP contribution in [-0.4, -0.2) is 40.7 Å². The number of ketones is 1. The smallest absolute Gasteiger partial charge is 0.261 e. The van der Waals surface area contributed by atoms with Gasteiger partial charge in [0.05, 0.1) is 0 Å². The molecule has 1 saturated heterocycles. The lowest BCUT2D eigenvalue weighted by atomic mass is 9.75. The molecule has 3 atom stereocenters. The van der Waals surface area contributed by atoms with Crippen LogP contribution in [0.1, 0.15) is 59.5 Å². The van der Waals surface area contributed by atoms with Crippen LogP contribution in [0.5, 0.6) is 0 Å². The second-order valence-electron chi connectivity index (χ2n) is 8.72. The molecule has 4 rings (SSSR count). The molecule has 1 aromatic heterocycles. The SMILES string of the molecule is CC1(C)CC(=O)c2cc(C(=O)N3CC4CCC(N)C4C3)c(=O)[nH]c2C1. The topological polar surface area (TPSA) is 96.3 Å². The molecule has 2 aliphatic carbocycles. The maximum Gasteiger partial charge on any atom is 0.261 e. The van der Waals surface area contributed by atoms with E-state index in [9.17, 15) is 14.4 Å². The van der Waals surface area contributed by atoms with Crippen molar-refractivity contribution in [3.8, 4) is 0 Å². The lowest BCUT2D eigenvalue weighted by molar-refractivity contribution is 0.0777. The van der Waals surface area contributed by atoms with Crippen molar-refractivity contribution in [2.24, 2.45) is 23.0 Å². The highest BCUT2D eigenvalue weighted by Crippen LogP contribution is 2.38. The predicted octanol–water partition coefficient (Wildman–Crippen LogP) is 1.34. The van der Waals surface area contributed by atoms with Crippen LogP contribution >= 0.6 is 0 Å². The van der Waals surface area contributed by atoms with Crippen molar-refractivity contribution in [3.63, 3.8) is 0 Å². The molecule has 6 nitrogen and oxygen atoms in total. The Bertz CT molecular complexity index is 811. The number of Topliss-reactive ketones (excluding diaryl/α,β-unsaturated/α-hetero) is 1. The fourth-order valence-electron chi connectivity index (χ4n) is 4.83. The molecule has 3 N–H and O–H groups in total. The van der Waals surface area contributed by atoms with Gasteiger partial charge in [-0.2, -0.15) is 0 Å². The van der Waals surface area contributed by atoms with Gasteiger partial charge in [-0.15, -0.1) is 0 Å². The minimum Gasteiger partial charge on any atom is -0.338 e. The number of aromatic amines is 1. The third kappa shape index (κ3) is 2.72. The molecule has 134 valence electrons. The third-order valence-corrected chi connectivity index (χ3v) is 6.15. The van der Waals surface area contributed by atoms with Crippen molar-refractivity contribution in [3.05, 3.63) is 33.2 Å². The number of pyridine rings is 1. The fourth-order valence-corrected chi connectivity index (χ4v) is 4.83. The second kappa shape index (κ2) is 5.53. The molecule has 0 aromatic carbocycles. The normalized spacial score (nSPS) is 30.3. The Morgan fingerprint density at radius 2 is 2.00 bits per heavy atom. The van der Waals surface area contributed by atoms with Crippen molar-refractivity contribution >= 4 is 11.7 Å². The van der Waals surface area contributed by atoms with Crippen molar-refractivity contribution in [1.29, 1.82) is 0 Å². The summed E-state index contributed by atoms with van der Waals surface area (Å²) in [5, 5.41) is 0. The number of H-pyrrole nitrogens is 1. The van der Waals surface area contributed by atoms with Gasteiger partial charge < -0.3 is 15.6 Å². The number of hydrogen-bond acceptors (Lipinski definition) is 4. The fraction of sp³-hybridized carbons (Fsp3) is 0.632. The Hall–Kier alpha value is -1.95. The molecule has 3 aliphatic rings. The summed E-state index contributed by atoms with van der Waals surface area (Å²) in [4.78, 5) is 42.3. The molecular weight excluding hydrogens is 318 g/mol. The molecule has 6 heteroatoms. The molecule has 0 spiro atoms. The van der Waals surface area contributed by atoms with Crippen LogP contribution in [0.25, 0.3) is 0 Å². The zero-order valence-electron chi connectivity index (χ0n) is 14.8. The first kappa shape index (κ1) is 16.5. The number of fused-ring (bicyclic) bond motifs is 2. The quantitative estimate of drug-likeness (QED) is 0.804. The average molecular weight is 343 g/mol. The van der Waals surface area contributed by atoms with Crippen LogP contribution in [0.4, 0.5) is 0 Å². The lowest BCUT2D eigenvalue weighted by Gasteiger charge is -2.30. The van der Waals surface area contributed by atoms with Gasteiger partial charge in [-0.25, -0.2) is 0 Å². The first-order chi connectivity index (χ1) is 11.7. The first-order valence-electron chi connectivity index (χ1n) is 9.09. The number of amides is 1. The van der Waals surface area contributed by atoms with E-state index in [0.29, 0.717) is 49.0 Å². The number of carbonyl (C=O) groups excluding carboxylic acids is 2. The zero-order chi connectivity index (χ0) is 17.9. The van der Waals surface area contributed by atoms with Crippen LogP contribution in [0.3, 0.4) is 0 Å². The molecule has 2 fully saturated rings. The number of carbonyl (C=O) groups is 2. The van der Waals surface area contributed by atoms with Crippen LogP contribution in [0.2, 0.25) is 0 Å². The number of hydrogen-bond donors (Lipinski definition) is 2. The molecule has 3 unspecified atom stereocenters. The molecule has 1 saturated carbocycles. The zero-order valence-corrected chi connectivity index (χ0v) is 14.8. The van der Waals surface area contributed by atoms with Crippen LogP contribution < -0.4 is 11.3 Å². The molecule has 1 amide bonds. The van der Waals surface area contributed by atoms with E-state index in [-0.39, 0.29) is 28.7 Å². The first-order valence-corrected chi connectivity index (χ1v) is 9.09. The molecule has 0 radical (unpaired) electrons. The molecule has 0 bridgehead atoms. The maximum absolute atomic E-state index is 12.9. The van der Waals surface area contributed by atoms with Crippen LogP contribution in [-0.2, 0) is 6.42 Å². The molecule has 1 aromatic rings. The van der Waals surface area contributed by atoms with Crippen molar-refractivity contribution in [2.45, 2.75) is 45.6 Å². The Balaban J connectivity index is 1.64. The second-order valence-corrected chi connectivity index (χ2v) is 8.72. The highest BCUT2D eigenvalue weighted by Gasteiger charge is 2.43. The van der Waals surface area contributed by atoms with Gasteiger partial charge in [-0.3, -0.25) is 14.4 Å². The number of nitrogens with one attached hydrogen (secondary N) is 1. The third-order valence-electron chi connectivity index (χ3n) is 6.15. The van der Waals surface area contributed by atoms with Crippen molar-refractivity contribution < 1.29 is 9.59 Å².